The molecule has 0 spiro atoms. The van der Waals surface area contributed by atoms with E-state index in [2.05, 4.69) is 40.7 Å². The minimum absolute atomic E-state index is 0.0418. The predicted molar refractivity (Wildman–Crippen MR) is 271 cm³/mol. The summed E-state index contributed by atoms with van der Waals surface area (Å²) in [6.07, 6.45) is -0.744. The zero-order chi connectivity index (χ0) is 58.4. The number of benzene rings is 8. The molecule has 0 bridgehead atoms. The summed E-state index contributed by atoms with van der Waals surface area (Å²) in [4.78, 5) is 9.88. The normalized spacial score (nSPS) is 15.7. The van der Waals surface area contributed by atoms with Crippen molar-refractivity contribution in [3.05, 3.63) is 216 Å². The molecule has 0 aliphatic heterocycles. The maximum absolute atomic E-state index is 12.0. The molecule has 4 nitrogen and oxygen atoms in total. The Bertz CT molecular complexity index is 4070. The van der Waals surface area contributed by atoms with Crippen molar-refractivity contribution in [2.75, 3.05) is 0 Å². The molecule has 0 fully saturated rings. The first-order valence-electron chi connectivity index (χ1n) is 29.1. The number of aromatic hydroxyl groups is 1. The molecule has 0 atom stereocenters. The average Bonchev–Trinajstić information content (AvgIpc) is 3.50. The molecule has 8 aromatic carbocycles. The van der Waals surface area contributed by atoms with Crippen molar-refractivity contribution < 1.29 is 27.0 Å². The molecule has 0 radical (unpaired) electrons. The summed E-state index contributed by atoms with van der Waals surface area (Å²) in [7, 11) is 0. The molecule has 10 rings (SSSR count). The first kappa shape index (κ1) is 26.7. The number of phenolic OH excluding ortho intramolecular Hbond substituents is 1. The molecule has 2 heterocycles. The van der Waals surface area contributed by atoms with Crippen LogP contribution >= 0.6 is 0 Å². The van der Waals surface area contributed by atoms with Gasteiger partial charge in [0.1, 0.15) is 11.6 Å². The van der Waals surface area contributed by atoms with Gasteiger partial charge in [-0.25, -0.2) is 4.98 Å². The quantitative estimate of drug-likeness (QED) is 0.166. The summed E-state index contributed by atoms with van der Waals surface area (Å²) in [5.74, 6) is 0.478. The van der Waals surface area contributed by atoms with Crippen LogP contribution in [0, 0.1) is 20.8 Å². The average molecular weight is 858 g/mol. The number of hydrogen-bond acceptors (Lipinski definition) is 3. The van der Waals surface area contributed by atoms with E-state index in [1.807, 2.05) is 129 Å². The Hall–Kier alpha value is -7.82. The standard InChI is InChI=1S/C61H51N3O/c1-39-31-41(3)59(65)54(32-39)60-63-58-51(23-16-24-56(58)64(60)57-38-52(44-19-12-8-13-20-44)40(2)33-53(57)45-21-14-9-15-22-45)48-34-47(42-17-10-7-11-18-42)35-49(36-48)55-37-46(29-30-62-55)43-25-27-50(28-26-43)61(4,5)6/h7-38,65H,1-6H3/i4D3,5D3,6D3,25D,26D,27D,28D,29D,30D,37D. The SMILES string of the molecule is [2H]c1nc(-c2cc(-c3ccccc3)cc(-c3cccc4c3nc(-c3cc(C)cc(C)c3O)n4-c3cc(-c4ccccc4)c(C)cc3-c3ccccc3)c2)c([2H])c(-c2c([2H])c([2H])c(C(C([2H])([2H])[2H])(C([2H])([2H])[2H])C([2H])([2H])[2H])c([2H])c2[2H])c1[2H]. The van der Waals surface area contributed by atoms with Gasteiger partial charge in [0.2, 0.25) is 0 Å². The Morgan fingerprint density at radius 3 is 1.86 bits per heavy atom. The number of fused-ring (bicyclic) bond motifs is 1. The molecule has 0 aliphatic carbocycles. The molecule has 316 valence electrons. The molecule has 0 saturated carbocycles. The van der Waals surface area contributed by atoms with Crippen LogP contribution < -0.4 is 0 Å². The van der Waals surface area contributed by atoms with Crippen molar-refractivity contribution in [2.24, 2.45) is 0 Å². The summed E-state index contributed by atoms with van der Waals surface area (Å²) in [5, 5.41) is 12.0. The smallest absolute Gasteiger partial charge is 0.149 e. The van der Waals surface area contributed by atoms with Crippen LogP contribution in [0.1, 0.15) is 64.7 Å². The van der Waals surface area contributed by atoms with Crippen LogP contribution in [0.25, 0.3) is 95.0 Å². The Labute approximate surface area is 404 Å². The van der Waals surface area contributed by atoms with Crippen molar-refractivity contribution in [3.8, 4) is 89.7 Å². The van der Waals surface area contributed by atoms with Crippen molar-refractivity contribution in [1.82, 2.24) is 14.5 Å². The van der Waals surface area contributed by atoms with Gasteiger partial charge in [0.15, 0.2) is 0 Å². The van der Waals surface area contributed by atoms with E-state index < -0.39 is 85.1 Å². The van der Waals surface area contributed by atoms with E-state index in [4.69, 9.17) is 22.8 Å². The molecule has 1 N–H and O–H groups in total. The van der Waals surface area contributed by atoms with Crippen molar-refractivity contribution in [1.29, 1.82) is 0 Å². The Kier molecular flexibility index (Phi) is 6.87. The predicted octanol–water partition coefficient (Wildman–Crippen LogP) is 16.0. The van der Waals surface area contributed by atoms with Gasteiger partial charge in [-0.05, 0) is 147 Å². The van der Waals surface area contributed by atoms with Gasteiger partial charge in [-0.3, -0.25) is 9.55 Å². The minimum atomic E-state index is -3.93. The molecule has 0 unspecified atom stereocenters. The highest BCUT2D eigenvalue weighted by Crippen LogP contribution is 2.44. The van der Waals surface area contributed by atoms with Crippen LogP contribution in [0.15, 0.2) is 194 Å². The fourth-order valence-electron chi connectivity index (χ4n) is 8.47. The first-order valence-corrected chi connectivity index (χ1v) is 21.1. The van der Waals surface area contributed by atoms with E-state index in [9.17, 15) is 9.22 Å². The molecule has 0 amide bonds. The number of aryl methyl sites for hydroxylation is 3. The lowest BCUT2D eigenvalue weighted by Crippen LogP contribution is -2.10. The highest BCUT2D eigenvalue weighted by atomic mass is 16.3. The molecular formula is C61H51N3O. The highest BCUT2D eigenvalue weighted by molar-refractivity contribution is 5.99. The highest BCUT2D eigenvalue weighted by Gasteiger charge is 2.24. The minimum Gasteiger partial charge on any atom is -0.507 e. The van der Waals surface area contributed by atoms with E-state index in [1.165, 1.54) is 0 Å². The third-order valence-corrected chi connectivity index (χ3v) is 11.6. The Balaban J connectivity index is 1.27. The number of rotatable bonds is 8. The Morgan fingerprint density at radius 2 is 1.17 bits per heavy atom. The van der Waals surface area contributed by atoms with Gasteiger partial charge >= 0.3 is 0 Å². The lowest BCUT2D eigenvalue weighted by molar-refractivity contribution is 0.472. The zero-order valence-electron chi connectivity index (χ0n) is 51.7. The van der Waals surface area contributed by atoms with E-state index in [1.54, 1.807) is 12.1 Å². The fraction of sp³-hybridized carbons (Fsp3) is 0.115. The molecule has 2 aromatic heterocycles. The van der Waals surface area contributed by atoms with Crippen LogP contribution in [-0.2, 0) is 5.41 Å². The zero-order valence-corrected chi connectivity index (χ0v) is 35.7. The van der Waals surface area contributed by atoms with Crippen molar-refractivity contribution in [2.45, 2.75) is 46.7 Å². The second-order valence-electron chi connectivity index (χ2n) is 16.2. The number of phenols is 1. The summed E-state index contributed by atoms with van der Waals surface area (Å²) < 4.78 is 141. The number of hydrogen-bond donors (Lipinski definition) is 1. The molecule has 10 aromatic rings. The molecule has 0 saturated heterocycles. The van der Waals surface area contributed by atoms with Crippen molar-refractivity contribution in [3.63, 3.8) is 0 Å². The second-order valence-corrected chi connectivity index (χ2v) is 16.2. The van der Waals surface area contributed by atoms with Crippen LogP contribution in [0.5, 0.6) is 5.75 Å². The number of nitrogens with zero attached hydrogens (tertiary/aromatic N) is 3. The summed E-state index contributed by atoms with van der Waals surface area (Å²) in [6, 6.07) is 42.2. The maximum atomic E-state index is 12.0. The van der Waals surface area contributed by atoms with Gasteiger partial charge in [0.25, 0.3) is 0 Å². The van der Waals surface area contributed by atoms with E-state index in [-0.39, 0.29) is 17.0 Å². The van der Waals surface area contributed by atoms with Crippen LogP contribution in [0.2, 0.25) is 0 Å². The summed E-state index contributed by atoms with van der Waals surface area (Å²) in [6.45, 7) is -5.94. The van der Waals surface area contributed by atoms with Crippen LogP contribution in [-0.4, -0.2) is 19.6 Å². The first-order chi connectivity index (χ1) is 38.2. The third-order valence-electron chi connectivity index (χ3n) is 11.6. The fourth-order valence-corrected chi connectivity index (χ4v) is 8.47. The van der Waals surface area contributed by atoms with Crippen molar-refractivity contribution >= 4 is 11.0 Å². The second kappa shape index (κ2) is 16.7. The number of aromatic nitrogens is 3. The van der Waals surface area contributed by atoms with E-state index >= 15 is 0 Å². The molecule has 0 aliphatic rings. The number of para-hydroxylation sites is 1. The van der Waals surface area contributed by atoms with Gasteiger partial charge in [0, 0.05) is 35.2 Å². The van der Waals surface area contributed by atoms with Gasteiger partial charge in [-0.1, -0.05) is 154 Å². The third kappa shape index (κ3) is 7.93. The lowest BCUT2D eigenvalue weighted by Gasteiger charge is -2.19. The van der Waals surface area contributed by atoms with Gasteiger partial charge < -0.3 is 5.11 Å². The van der Waals surface area contributed by atoms with Gasteiger partial charge in [-0.15, -0.1) is 0 Å². The monoisotopic (exact) mass is 858 g/mol. The largest absolute Gasteiger partial charge is 0.507 e. The van der Waals surface area contributed by atoms with Crippen LogP contribution in [0.4, 0.5) is 0 Å². The molecule has 4 heteroatoms. The van der Waals surface area contributed by atoms with Gasteiger partial charge in [-0.2, -0.15) is 0 Å². The molecule has 65 heavy (non-hydrogen) atoms. The topological polar surface area (TPSA) is 50.9 Å². The van der Waals surface area contributed by atoms with Gasteiger partial charge in [0.05, 0.1) is 37.6 Å². The van der Waals surface area contributed by atoms with E-state index in [0.29, 0.717) is 44.7 Å². The maximum Gasteiger partial charge on any atom is 0.149 e. The summed E-state index contributed by atoms with van der Waals surface area (Å²) in [5.41, 5.74) is 4.55. The molecular weight excluding hydrogens is 791 g/mol. The summed E-state index contributed by atoms with van der Waals surface area (Å²) >= 11 is 0. The Morgan fingerprint density at radius 1 is 0.523 bits per heavy atom. The van der Waals surface area contributed by atoms with E-state index in [0.717, 1.165) is 44.6 Å². The number of pyridine rings is 1. The van der Waals surface area contributed by atoms with Crippen LogP contribution in [0.3, 0.4) is 0 Å². The lowest BCUT2D eigenvalue weighted by atomic mass is 9.86. The number of imidazole rings is 1.